The number of nitrogens with two attached hydrogens (primary N) is 1. The Balaban J connectivity index is 2.02. The van der Waals surface area contributed by atoms with Crippen molar-refractivity contribution in [1.82, 2.24) is 10.2 Å². The fourth-order valence-corrected chi connectivity index (χ4v) is 3.42. The third kappa shape index (κ3) is 2.41. The number of hydrogen-bond donors (Lipinski definition) is 2. The van der Waals surface area contributed by atoms with Gasteiger partial charge in [-0.05, 0) is 17.7 Å². The number of benzene rings is 2. The first-order valence-corrected chi connectivity index (χ1v) is 8.14. The molecule has 1 aliphatic rings. The van der Waals surface area contributed by atoms with Gasteiger partial charge in [-0.3, -0.25) is 5.10 Å². The van der Waals surface area contributed by atoms with Gasteiger partial charge in [0, 0.05) is 10.6 Å². The third-order valence-corrected chi connectivity index (χ3v) is 4.62. The maximum Gasteiger partial charge on any atom is 0.244 e. The lowest BCUT2D eigenvalue weighted by atomic mass is 9.82. The number of fused-ring (bicyclic) bond motifs is 1. The van der Waals surface area contributed by atoms with Crippen LogP contribution in [0.25, 0.3) is 11.3 Å². The van der Waals surface area contributed by atoms with E-state index < -0.39 is 11.7 Å². The average molecular weight is 367 g/mol. The molecule has 128 valence electrons. The first kappa shape index (κ1) is 16.2. The minimum Gasteiger partial charge on any atom is -0.420 e. The van der Waals surface area contributed by atoms with Crippen LogP contribution in [0.4, 0.5) is 4.39 Å². The van der Waals surface area contributed by atoms with Crippen LogP contribution in [0.2, 0.25) is 5.02 Å². The number of aromatic amines is 1. The lowest BCUT2D eigenvalue weighted by Crippen LogP contribution is -2.21. The molecule has 0 saturated heterocycles. The minimum atomic E-state index is -0.827. The molecule has 0 spiro atoms. The van der Waals surface area contributed by atoms with Crippen LogP contribution in [-0.4, -0.2) is 10.2 Å². The van der Waals surface area contributed by atoms with Crippen LogP contribution in [0.3, 0.4) is 0 Å². The van der Waals surface area contributed by atoms with E-state index in [1.165, 1.54) is 12.1 Å². The van der Waals surface area contributed by atoms with E-state index in [1.54, 1.807) is 6.07 Å². The fraction of sp³-hybridized carbons (Fsp3) is 0.0526. The second kappa shape index (κ2) is 6.21. The molecule has 3 aromatic rings. The Labute approximate surface area is 153 Å². The van der Waals surface area contributed by atoms with E-state index in [0.717, 1.165) is 5.56 Å². The first-order valence-electron chi connectivity index (χ1n) is 7.77. The summed E-state index contributed by atoms with van der Waals surface area (Å²) in [6.45, 7) is 0. The highest BCUT2D eigenvalue weighted by molar-refractivity contribution is 6.31. The van der Waals surface area contributed by atoms with Gasteiger partial charge in [0.05, 0.1) is 17.2 Å². The van der Waals surface area contributed by atoms with Crippen LogP contribution < -0.4 is 10.5 Å². The second-order valence-electron chi connectivity index (χ2n) is 5.74. The summed E-state index contributed by atoms with van der Waals surface area (Å²) >= 11 is 6.28. The molecule has 1 atom stereocenters. The van der Waals surface area contributed by atoms with E-state index in [-0.39, 0.29) is 27.9 Å². The summed E-state index contributed by atoms with van der Waals surface area (Å²) in [5.41, 5.74) is 8.10. The maximum absolute atomic E-state index is 14.7. The zero-order chi connectivity index (χ0) is 18.3. The smallest absolute Gasteiger partial charge is 0.244 e. The topological polar surface area (TPSA) is 87.7 Å². The van der Waals surface area contributed by atoms with E-state index >= 15 is 0 Å². The number of H-pyrrole nitrogens is 1. The second-order valence-corrected chi connectivity index (χ2v) is 6.15. The van der Waals surface area contributed by atoms with Crippen LogP contribution in [-0.2, 0) is 0 Å². The van der Waals surface area contributed by atoms with Crippen LogP contribution >= 0.6 is 11.6 Å². The van der Waals surface area contributed by atoms with Crippen LogP contribution in [0.1, 0.15) is 17.0 Å². The Bertz CT molecular complexity index is 1050. The normalized spacial score (nSPS) is 16.0. The molecule has 0 amide bonds. The molecule has 0 bridgehead atoms. The van der Waals surface area contributed by atoms with Gasteiger partial charge in [-0.1, -0.05) is 48.0 Å². The molecule has 1 aromatic heterocycles. The van der Waals surface area contributed by atoms with E-state index in [0.29, 0.717) is 11.3 Å². The predicted molar refractivity (Wildman–Crippen MR) is 94.7 cm³/mol. The molecule has 1 aliphatic heterocycles. The highest BCUT2D eigenvalue weighted by Crippen LogP contribution is 2.47. The third-order valence-electron chi connectivity index (χ3n) is 4.29. The molecule has 26 heavy (non-hydrogen) atoms. The van der Waals surface area contributed by atoms with Crippen molar-refractivity contribution in [1.29, 1.82) is 5.26 Å². The number of nitriles is 1. The molecular formula is C19H12ClFN4O. The predicted octanol–water partition coefficient (Wildman–Crippen LogP) is 4.09. The van der Waals surface area contributed by atoms with E-state index in [1.807, 2.05) is 36.4 Å². The quantitative estimate of drug-likeness (QED) is 0.715. The van der Waals surface area contributed by atoms with Gasteiger partial charge in [-0.25, -0.2) is 4.39 Å². The summed E-state index contributed by atoms with van der Waals surface area (Å²) in [6, 6.07) is 15.8. The number of nitrogens with one attached hydrogen (secondary N) is 1. The largest absolute Gasteiger partial charge is 0.420 e. The number of hydrogen-bond acceptors (Lipinski definition) is 4. The molecule has 3 N–H and O–H groups in total. The number of ether oxygens (including phenoxy) is 1. The first-order chi connectivity index (χ1) is 12.6. The van der Waals surface area contributed by atoms with Gasteiger partial charge < -0.3 is 10.5 Å². The summed E-state index contributed by atoms with van der Waals surface area (Å²) in [6.07, 6.45) is 0. The monoisotopic (exact) mass is 366 g/mol. The van der Waals surface area contributed by atoms with Gasteiger partial charge in [0.25, 0.3) is 0 Å². The van der Waals surface area contributed by atoms with Gasteiger partial charge in [0.2, 0.25) is 11.8 Å². The molecule has 2 aromatic carbocycles. The number of aromatic nitrogens is 2. The van der Waals surface area contributed by atoms with Crippen LogP contribution in [0.5, 0.6) is 5.88 Å². The van der Waals surface area contributed by atoms with Crippen molar-refractivity contribution in [2.24, 2.45) is 5.73 Å². The summed E-state index contributed by atoms with van der Waals surface area (Å²) in [7, 11) is 0. The zero-order valence-corrected chi connectivity index (χ0v) is 14.1. The lowest BCUT2D eigenvalue weighted by molar-refractivity contribution is 0.378. The number of rotatable bonds is 2. The van der Waals surface area contributed by atoms with Gasteiger partial charge in [-0.15, -0.1) is 5.10 Å². The Hall–Kier alpha value is -3.30. The van der Waals surface area contributed by atoms with Gasteiger partial charge >= 0.3 is 0 Å². The summed E-state index contributed by atoms with van der Waals surface area (Å²) in [5.74, 6) is -1.28. The number of nitrogens with zero attached hydrogens (tertiary/aromatic N) is 2. The van der Waals surface area contributed by atoms with Crippen molar-refractivity contribution in [3.05, 3.63) is 82.0 Å². The van der Waals surface area contributed by atoms with Crippen molar-refractivity contribution in [2.45, 2.75) is 5.92 Å². The molecule has 7 heteroatoms. The van der Waals surface area contributed by atoms with Crippen LogP contribution in [0, 0.1) is 17.1 Å². The molecule has 0 radical (unpaired) electrons. The van der Waals surface area contributed by atoms with Gasteiger partial charge in [0.1, 0.15) is 17.5 Å². The molecule has 4 rings (SSSR count). The summed E-state index contributed by atoms with van der Waals surface area (Å²) in [5, 5.41) is 16.9. The van der Waals surface area contributed by atoms with E-state index in [9.17, 15) is 9.65 Å². The van der Waals surface area contributed by atoms with Gasteiger partial charge in [0.15, 0.2) is 0 Å². The van der Waals surface area contributed by atoms with E-state index in [2.05, 4.69) is 10.2 Å². The zero-order valence-electron chi connectivity index (χ0n) is 13.3. The molecular weight excluding hydrogens is 355 g/mol. The minimum absolute atomic E-state index is 0.0862. The Morgan fingerprint density at radius 3 is 2.62 bits per heavy atom. The van der Waals surface area contributed by atoms with Crippen molar-refractivity contribution >= 4 is 11.6 Å². The number of allylic oxidation sites excluding steroid dienone is 1. The lowest BCUT2D eigenvalue weighted by Gasteiger charge is -2.25. The molecule has 5 nitrogen and oxygen atoms in total. The SMILES string of the molecule is N#CC1=C(N)Oc2n[nH]c(-c3ccccc3)c2[C@@H]1c1c(F)cccc1Cl. The Morgan fingerprint density at radius 1 is 1.15 bits per heavy atom. The van der Waals surface area contributed by atoms with Crippen molar-refractivity contribution in [2.75, 3.05) is 0 Å². The van der Waals surface area contributed by atoms with Crippen molar-refractivity contribution in [3.63, 3.8) is 0 Å². The Morgan fingerprint density at radius 2 is 1.92 bits per heavy atom. The molecule has 0 fully saturated rings. The van der Waals surface area contributed by atoms with Crippen molar-refractivity contribution < 1.29 is 9.13 Å². The van der Waals surface area contributed by atoms with Gasteiger partial charge in [-0.2, -0.15) is 5.26 Å². The molecule has 0 saturated carbocycles. The molecule has 0 unspecified atom stereocenters. The highest BCUT2D eigenvalue weighted by Gasteiger charge is 2.38. The Kier molecular flexibility index (Phi) is 3.86. The number of halogens is 2. The summed E-state index contributed by atoms with van der Waals surface area (Å²) in [4.78, 5) is 0. The fourth-order valence-electron chi connectivity index (χ4n) is 3.15. The maximum atomic E-state index is 14.7. The molecule has 2 heterocycles. The average Bonchev–Trinajstić information content (AvgIpc) is 3.05. The highest BCUT2D eigenvalue weighted by atomic mass is 35.5. The van der Waals surface area contributed by atoms with E-state index in [4.69, 9.17) is 22.1 Å². The standard InChI is InChI=1S/C19H12ClFN4O/c20-12-7-4-8-13(21)15(12)14-11(9-22)18(23)26-19-16(14)17(24-25-19)10-5-2-1-3-6-10/h1-8,14H,23H2,(H,24,25)/t14-/m0/s1. The van der Waals surface area contributed by atoms with Crippen LogP contribution in [0.15, 0.2) is 60.0 Å². The van der Waals surface area contributed by atoms with Crippen molar-refractivity contribution in [3.8, 4) is 23.2 Å². The molecule has 0 aliphatic carbocycles. The summed E-state index contributed by atoms with van der Waals surface area (Å²) < 4.78 is 20.2.